The summed E-state index contributed by atoms with van der Waals surface area (Å²) in [5.41, 5.74) is 6.39. The predicted octanol–water partition coefficient (Wildman–Crippen LogP) is 2.50. The number of hydrogen-bond donors (Lipinski definition) is 1. The standard InChI is InChI=1S/C21H21N5/c22-8-17-15-4-3-5-16(15)21(25-11-13-9-23-10-14(13)12-25)26-19-7-2-1-6-18(19)24-20(17)26/h1-2,6-7,13-14,23H,3-5,9-12H2/t13-,14+. The van der Waals surface area contributed by atoms with Crippen LogP contribution in [0.5, 0.6) is 0 Å². The molecular weight excluding hydrogens is 322 g/mol. The molecule has 6 rings (SSSR count). The second-order valence-corrected chi connectivity index (χ2v) is 7.96. The van der Waals surface area contributed by atoms with Crippen LogP contribution in [0.3, 0.4) is 0 Å². The molecule has 1 N–H and O–H groups in total. The van der Waals surface area contributed by atoms with Gasteiger partial charge in [0.2, 0.25) is 0 Å². The third-order valence-corrected chi connectivity index (χ3v) is 6.59. The van der Waals surface area contributed by atoms with Crippen molar-refractivity contribution >= 4 is 22.5 Å². The van der Waals surface area contributed by atoms with Gasteiger partial charge in [-0.2, -0.15) is 5.26 Å². The van der Waals surface area contributed by atoms with E-state index in [9.17, 15) is 5.26 Å². The lowest BCUT2D eigenvalue weighted by Gasteiger charge is -2.25. The number of anilines is 1. The van der Waals surface area contributed by atoms with Crippen LogP contribution in [-0.2, 0) is 12.8 Å². The molecule has 0 saturated carbocycles. The molecule has 0 radical (unpaired) electrons. The summed E-state index contributed by atoms with van der Waals surface area (Å²) in [6.45, 7) is 4.48. The quantitative estimate of drug-likeness (QED) is 0.738. The van der Waals surface area contributed by atoms with Gasteiger partial charge in [-0.25, -0.2) is 4.98 Å². The summed E-state index contributed by atoms with van der Waals surface area (Å²) in [5.74, 6) is 2.80. The van der Waals surface area contributed by atoms with E-state index in [-0.39, 0.29) is 0 Å². The summed E-state index contributed by atoms with van der Waals surface area (Å²) in [4.78, 5) is 7.46. The first-order valence-corrected chi connectivity index (χ1v) is 9.66. The Hall–Kier alpha value is -2.58. The zero-order valence-electron chi connectivity index (χ0n) is 14.7. The molecule has 0 unspecified atom stereocenters. The van der Waals surface area contributed by atoms with Crippen LogP contribution in [0.25, 0.3) is 16.7 Å². The van der Waals surface area contributed by atoms with Crippen molar-refractivity contribution in [1.82, 2.24) is 14.7 Å². The summed E-state index contributed by atoms with van der Waals surface area (Å²) < 4.78 is 2.28. The van der Waals surface area contributed by atoms with Crippen molar-refractivity contribution in [3.8, 4) is 6.07 Å². The number of nitrogens with zero attached hydrogens (tertiary/aromatic N) is 4. The van der Waals surface area contributed by atoms with Gasteiger partial charge in [0.15, 0.2) is 5.65 Å². The van der Waals surface area contributed by atoms with Gasteiger partial charge in [0.1, 0.15) is 11.9 Å². The molecule has 4 heterocycles. The molecule has 5 heteroatoms. The molecule has 2 saturated heterocycles. The first-order chi connectivity index (χ1) is 12.8. The van der Waals surface area contributed by atoms with Crippen molar-refractivity contribution in [2.24, 2.45) is 11.8 Å². The average molecular weight is 343 g/mol. The van der Waals surface area contributed by atoms with Crippen molar-refractivity contribution in [2.45, 2.75) is 19.3 Å². The molecule has 5 nitrogen and oxygen atoms in total. The number of hydrogen-bond acceptors (Lipinski definition) is 4. The fraction of sp³-hybridized carbons (Fsp3) is 0.429. The van der Waals surface area contributed by atoms with Gasteiger partial charge in [0, 0.05) is 26.2 Å². The van der Waals surface area contributed by atoms with E-state index in [0.717, 1.165) is 79.5 Å². The molecule has 2 atom stereocenters. The van der Waals surface area contributed by atoms with E-state index in [0.29, 0.717) is 0 Å². The van der Waals surface area contributed by atoms with Crippen molar-refractivity contribution in [3.05, 3.63) is 41.0 Å². The molecule has 2 fully saturated rings. The van der Waals surface area contributed by atoms with E-state index in [1.807, 2.05) is 6.07 Å². The minimum absolute atomic E-state index is 0.743. The zero-order valence-corrected chi connectivity index (χ0v) is 14.7. The monoisotopic (exact) mass is 343 g/mol. The summed E-state index contributed by atoms with van der Waals surface area (Å²) in [6, 6.07) is 10.8. The van der Waals surface area contributed by atoms with E-state index in [1.165, 1.54) is 16.9 Å². The van der Waals surface area contributed by atoms with Crippen molar-refractivity contribution < 1.29 is 0 Å². The number of benzene rings is 1. The second kappa shape index (κ2) is 5.21. The lowest BCUT2D eigenvalue weighted by Crippen LogP contribution is -2.28. The van der Waals surface area contributed by atoms with E-state index in [1.54, 1.807) is 0 Å². The summed E-state index contributed by atoms with van der Waals surface area (Å²) >= 11 is 0. The second-order valence-electron chi connectivity index (χ2n) is 7.96. The highest BCUT2D eigenvalue weighted by molar-refractivity contribution is 5.86. The molecule has 3 aromatic rings. The van der Waals surface area contributed by atoms with Crippen LogP contribution >= 0.6 is 0 Å². The van der Waals surface area contributed by atoms with E-state index in [2.05, 4.69) is 38.9 Å². The minimum atomic E-state index is 0.743. The Balaban J connectivity index is 1.69. The average Bonchev–Trinajstić information content (AvgIpc) is 3.41. The Morgan fingerprint density at radius 3 is 2.65 bits per heavy atom. The Bertz CT molecular complexity index is 1080. The first-order valence-electron chi connectivity index (χ1n) is 9.66. The summed E-state index contributed by atoms with van der Waals surface area (Å²) in [6.07, 6.45) is 3.23. The van der Waals surface area contributed by atoms with Crippen LogP contribution in [0.1, 0.15) is 23.1 Å². The third kappa shape index (κ3) is 1.80. The minimum Gasteiger partial charge on any atom is -0.357 e. The number of nitrogens with one attached hydrogen (secondary N) is 1. The van der Waals surface area contributed by atoms with Crippen LogP contribution in [-0.4, -0.2) is 35.6 Å². The van der Waals surface area contributed by atoms with Crippen LogP contribution < -0.4 is 10.2 Å². The third-order valence-electron chi connectivity index (χ3n) is 6.59. The fourth-order valence-corrected chi connectivity index (χ4v) is 5.42. The lowest BCUT2D eigenvalue weighted by atomic mass is 10.0. The number of fused-ring (bicyclic) bond motifs is 5. The Morgan fingerprint density at radius 1 is 1.08 bits per heavy atom. The highest BCUT2D eigenvalue weighted by Crippen LogP contribution is 2.41. The number of pyridine rings is 1. The Kier molecular flexibility index (Phi) is 2.92. The molecule has 2 aromatic heterocycles. The fourth-order valence-electron chi connectivity index (χ4n) is 5.42. The lowest BCUT2D eigenvalue weighted by molar-refractivity contribution is 0.533. The number of rotatable bonds is 1. The number of imidazole rings is 1. The SMILES string of the molecule is N#Cc1c2c(c(N3C[C@H]4CNC[C@H]4C3)n3c1nc1ccccc13)CCC2. The number of para-hydroxylation sites is 2. The molecule has 0 spiro atoms. The van der Waals surface area contributed by atoms with Gasteiger partial charge < -0.3 is 10.2 Å². The van der Waals surface area contributed by atoms with Crippen LogP contribution in [0.15, 0.2) is 24.3 Å². The van der Waals surface area contributed by atoms with Crippen LogP contribution in [0.4, 0.5) is 5.82 Å². The summed E-state index contributed by atoms with van der Waals surface area (Å²) in [5, 5.41) is 13.4. The highest BCUT2D eigenvalue weighted by Gasteiger charge is 2.39. The van der Waals surface area contributed by atoms with Gasteiger partial charge in [-0.3, -0.25) is 4.40 Å². The molecular formula is C21H21N5. The first kappa shape index (κ1) is 14.6. The van der Waals surface area contributed by atoms with Crippen LogP contribution in [0.2, 0.25) is 0 Å². The predicted molar refractivity (Wildman–Crippen MR) is 102 cm³/mol. The smallest absolute Gasteiger partial charge is 0.157 e. The molecule has 3 aliphatic rings. The van der Waals surface area contributed by atoms with Gasteiger partial charge in [0.05, 0.1) is 16.6 Å². The van der Waals surface area contributed by atoms with Gasteiger partial charge in [0.25, 0.3) is 0 Å². The van der Waals surface area contributed by atoms with Crippen molar-refractivity contribution in [1.29, 1.82) is 5.26 Å². The van der Waals surface area contributed by atoms with Crippen LogP contribution in [0, 0.1) is 23.2 Å². The highest BCUT2D eigenvalue weighted by atomic mass is 15.3. The maximum absolute atomic E-state index is 9.89. The molecule has 1 aromatic carbocycles. The molecule has 0 amide bonds. The zero-order chi connectivity index (χ0) is 17.3. The van der Waals surface area contributed by atoms with Gasteiger partial charge in [-0.15, -0.1) is 0 Å². The number of aromatic nitrogens is 2. The van der Waals surface area contributed by atoms with Gasteiger partial charge in [-0.05, 0) is 54.4 Å². The van der Waals surface area contributed by atoms with Gasteiger partial charge in [-0.1, -0.05) is 12.1 Å². The molecule has 26 heavy (non-hydrogen) atoms. The Labute approximate surface area is 152 Å². The van der Waals surface area contributed by atoms with Crippen molar-refractivity contribution in [2.75, 3.05) is 31.1 Å². The molecule has 130 valence electrons. The van der Waals surface area contributed by atoms with Crippen molar-refractivity contribution in [3.63, 3.8) is 0 Å². The largest absolute Gasteiger partial charge is 0.357 e. The molecule has 1 aliphatic carbocycles. The molecule has 2 aliphatic heterocycles. The summed E-state index contributed by atoms with van der Waals surface area (Å²) in [7, 11) is 0. The van der Waals surface area contributed by atoms with E-state index >= 15 is 0 Å². The maximum atomic E-state index is 9.89. The maximum Gasteiger partial charge on any atom is 0.157 e. The van der Waals surface area contributed by atoms with E-state index in [4.69, 9.17) is 4.98 Å². The van der Waals surface area contributed by atoms with Gasteiger partial charge >= 0.3 is 0 Å². The Morgan fingerprint density at radius 2 is 1.85 bits per heavy atom. The normalized spacial score (nSPS) is 24.3. The number of nitriles is 1. The van der Waals surface area contributed by atoms with E-state index < -0.39 is 0 Å². The molecule has 0 bridgehead atoms. The topological polar surface area (TPSA) is 56.4 Å².